The lowest BCUT2D eigenvalue weighted by Gasteiger charge is -2.47. The Balaban J connectivity index is 1.70. The summed E-state index contributed by atoms with van der Waals surface area (Å²) in [5.74, 6) is 1.98. The topological polar surface area (TPSA) is 23.6 Å². The van der Waals surface area contributed by atoms with E-state index in [9.17, 15) is 4.79 Å². The van der Waals surface area contributed by atoms with Crippen molar-refractivity contribution in [2.24, 2.45) is 17.3 Å². The average Bonchev–Trinajstić information content (AvgIpc) is 2.71. The van der Waals surface area contributed by atoms with E-state index in [-0.39, 0.29) is 0 Å². The van der Waals surface area contributed by atoms with Crippen LogP contribution >= 0.6 is 0 Å². The van der Waals surface area contributed by atoms with Crippen LogP contribution in [0.3, 0.4) is 0 Å². The minimum Gasteiger partial charge on any atom is -0.343 e. The second-order valence-electron chi connectivity index (χ2n) is 10.6. The fraction of sp³-hybridized carbons (Fsp3) is 0.962. The molecular weight excluding hydrogens is 356 g/mol. The van der Waals surface area contributed by atoms with Crippen LogP contribution in [0.15, 0.2) is 0 Å². The summed E-state index contributed by atoms with van der Waals surface area (Å²) in [6.07, 6.45) is 16.3. The van der Waals surface area contributed by atoms with Crippen molar-refractivity contribution in [1.29, 1.82) is 0 Å². The molecule has 2 heterocycles. The molecule has 1 atom stereocenters. The molecule has 2 rings (SSSR count). The van der Waals surface area contributed by atoms with Crippen LogP contribution in [0, 0.1) is 17.3 Å². The van der Waals surface area contributed by atoms with Crippen LogP contribution < -0.4 is 0 Å². The normalized spacial score (nSPS) is 21.1. The minimum atomic E-state index is 0.439. The number of piperidine rings is 2. The molecule has 1 unspecified atom stereocenters. The van der Waals surface area contributed by atoms with Crippen LogP contribution in [0.1, 0.15) is 111 Å². The largest absolute Gasteiger partial charge is 0.343 e. The van der Waals surface area contributed by atoms with E-state index in [2.05, 4.69) is 37.5 Å². The van der Waals surface area contributed by atoms with Gasteiger partial charge in [0.05, 0.1) is 0 Å². The first-order valence-electron chi connectivity index (χ1n) is 13.0. The van der Waals surface area contributed by atoms with Gasteiger partial charge in [0.2, 0.25) is 5.91 Å². The van der Waals surface area contributed by atoms with E-state index in [1.54, 1.807) is 0 Å². The summed E-state index contributed by atoms with van der Waals surface area (Å²) in [6.45, 7) is 15.0. The summed E-state index contributed by atoms with van der Waals surface area (Å²) in [6, 6.07) is 0. The predicted molar refractivity (Wildman–Crippen MR) is 125 cm³/mol. The zero-order valence-electron chi connectivity index (χ0n) is 20.2. The molecule has 0 bridgehead atoms. The third-order valence-electron chi connectivity index (χ3n) is 7.67. The first-order chi connectivity index (χ1) is 14.0. The van der Waals surface area contributed by atoms with Crippen molar-refractivity contribution >= 4 is 5.91 Å². The van der Waals surface area contributed by atoms with Gasteiger partial charge in [-0.2, -0.15) is 0 Å². The molecule has 0 saturated carbocycles. The standard InChI is InChI=1S/C26H50N2O/c1-5-7-9-11-24(10-8-6-2)12-13-25(29)28-20-16-26(17-21-28)14-18-27(19-15-26)22-23(3)4/h23-24H,5-22H2,1-4H3. The first kappa shape index (κ1) is 24.7. The highest BCUT2D eigenvalue weighted by molar-refractivity contribution is 5.76. The van der Waals surface area contributed by atoms with Crippen LogP contribution in [-0.4, -0.2) is 48.4 Å². The zero-order valence-corrected chi connectivity index (χ0v) is 20.2. The van der Waals surface area contributed by atoms with Crippen molar-refractivity contribution in [2.75, 3.05) is 32.7 Å². The second-order valence-corrected chi connectivity index (χ2v) is 10.6. The van der Waals surface area contributed by atoms with Crippen LogP contribution in [-0.2, 0) is 4.79 Å². The molecule has 0 aromatic heterocycles. The maximum atomic E-state index is 12.9. The monoisotopic (exact) mass is 406 g/mol. The Bertz CT molecular complexity index is 444. The molecule has 1 amide bonds. The smallest absolute Gasteiger partial charge is 0.222 e. The number of hydrogen-bond acceptors (Lipinski definition) is 2. The van der Waals surface area contributed by atoms with Crippen molar-refractivity contribution in [2.45, 2.75) is 111 Å². The minimum absolute atomic E-state index is 0.439. The zero-order chi connectivity index (χ0) is 21.1. The summed E-state index contributed by atoms with van der Waals surface area (Å²) < 4.78 is 0. The average molecular weight is 407 g/mol. The van der Waals surface area contributed by atoms with Gasteiger partial charge in [-0.05, 0) is 62.4 Å². The highest BCUT2D eigenvalue weighted by Crippen LogP contribution is 2.41. The fourth-order valence-electron chi connectivity index (χ4n) is 5.55. The van der Waals surface area contributed by atoms with Crippen LogP contribution in [0.2, 0.25) is 0 Å². The van der Waals surface area contributed by atoms with Gasteiger partial charge in [0.25, 0.3) is 0 Å². The van der Waals surface area contributed by atoms with E-state index >= 15 is 0 Å². The van der Waals surface area contributed by atoms with E-state index < -0.39 is 0 Å². The molecule has 29 heavy (non-hydrogen) atoms. The number of amides is 1. The lowest BCUT2D eigenvalue weighted by molar-refractivity contribution is -0.134. The fourth-order valence-corrected chi connectivity index (χ4v) is 5.55. The molecule has 0 aliphatic carbocycles. The van der Waals surface area contributed by atoms with Crippen LogP contribution in [0.4, 0.5) is 0 Å². The summed E-state index contributed by atoms with van der Waals surface area (Å²) in [7, 11) is 0. The number of unbranched alkanes of at least 4 members (excludes halogenated alkanes) is 3. The first-order valence-corrected chi connectivity index (χ1v) is 13.0. The van der Waals surface area contributed by atoms with Crippen LogP contribution in [0.5, 0.6) is 0 Å². The quantitative estimate of drug-likeness (QED) is 0.345. The van der Waals surface area contributed by atoms with Gasteiger partial charge in [0.1, 0.15) is 0 Å². The summed E-state index contributed by atoms with van der Waals surface area (Å²) >= 11 is 0. The van der Waals surface area contributed by atoms with Gasteiger partial charge in [-0.1, -0.05) is 72.6 Å². The van der Waals surface area contributed by atoms with E-state index in [0.29, 0.717) is 11.3 Å². The number of hydrogen-bond donors (Lipinski definition) is 0. The molecule has 2 saturated heterocycles. The molecule has 2 aliphatic heterocycles. The molecule has 170 valence electrons. The SMILES string of the molecule is CCCCCC(CCCC)CCC(=O)N1CCC2(CCN(CC(C)C)CC2)CC1. The van der Waals surface area contributed by atoms with Gasteiger partial charge in [-0.25, -0.2) is 0 Å². The maximum Gasteiger partial charge on any atom is 0.222 e. The Morgan fingerprint density at radius 1 is 0.828 bits per heavy atom. The van der Waals surface area contributed by atoms with Gasteiger partial charge in [0.15, 0.2) is 0 Å². The van der Waals surface area contributed by atoms with Gasteiger partial charge < -0.3 is 9.80 Å². The Labute approximate surface area is 182 Å². The molecular formula is C26H50N2O. The third kappa shape index (κ3) is 8.59. The number of nitrogens with zero attached hydrogens (tertiary/aromatic N) is 2. The second kappa shape index (κ2) is 13.0. The molecule has 0 aromatic rings. The maximum absolute atomic E-state index is 12.9. The molecule has 3 heteroatoms. The summed E-state index contributed by atoms with van der Waals surface area (Å²) in [5.41, 5.74) is 0.536. The Morgan fingerprint density at radius 2 is 1.41 bits per heavy atom. The highest BCUT2D eigenvalue weighted by Gasteiger charge is 2.38. The molecule has 0 N–H and O–H groups in total. The van der Waals surface area contributed by atoms with Crippen molar-refractivity contribution < 1.29 is 4.79 Å². The summed E-state index contributed by atoms with van der Waals surface area (Å²) in [4.78, 5) is 17.7. The van der Waals surface area contributed by atoms with Gasteiger partial charge in [-0.15, -0.1) is 0 Å². The predicted octanol–water partition coefficient (Wildman–Crippen LogP) is 6.51. The Hall–Kier alpha value is -0.570. The van der Waals surface area contributed by atoms with Crippen molar-refractivity contribution in [3.05, 3.63) is 0 Å². The lowest BCUT2D eigenvalue weighted by atomic mass is 9.71. The highest BCUT2D eigenvalue weighted by atomic mass is 16.2. The van der Waals surface area contributed by atoms with Crippen molar-refractivity contribution in [1.82, 2.24) is 9.80 Å². The number of carbonyl (C=O) groups is 1. The molecule has 2 aliphatic rings. The molecule has 3 nitrogen and oxygen atoms in total. The molecule has 1 spiro atoms. The Kier molecular flexibility index (Phi) is 11.0. The van der Waals surface area contributed by atoms with E-state index in [4.69, 9.17) is 0 Å². The van der Waals surface area contributed by atoms with E-state index in [1.165, 1.54) is 90.3 Å². The third-order valence-corrected chi connectivity index (χ3v) is 7.67. The molecule has 0 aromatic carbocycles. The van der Waals surface area contributed by atoms with Crippen molar-refractivity contribution in [3.8, 4) is 0 Å². The molecule has 0 radical (unpaired) electrons. The Morgan fingerprint density at radius 3 is 2.00 bits per heavy atom. The van der Waals surface area contributed by atoms with E-state index in [1.807, 2.05) is 0 Å². The number of likely N-dealkylation sites (tertiary alicyclic amines) is 2. The van der Waals surface area contributed by atoms with Gasteiger partial charge in [-0.3, -0.25) is 4.79 Å². The molecule has 2 fully saturated rings. The summed E-state index contributed by atoms with van der Waals surface area (Å²) in [5, 5.41) is 0. The van der Waals surface area contributed by atoms with Crippen LogP contribution in [0.25, 0.3) is 0 Å². The number of rotatable bonds is 12. The number of carbonyl (C=O) groups excluding carboxylic acids is 1. The van der Waals surface area contributed by atoms with Crippen molar-refractivity contribution in [3.63, 3.8) is 0 Å². The van der Waals surface area contributed by atoms with Gasteiger partial charge in [0, 0.05) is 26.1 Å². The van der Waals surface area contributed by atoms with Gasteiger partial charge >= 0.3 is 0 Å². The lowest BCUT2D eigenvalue weighted by Crippen LogP contribution is -2.48. The van der Waals surface area contributed by atoms with E-state index in [0.717, 1.165) is 37.8 Å².